The van der Waals surface area contributed by atoms with Crippen LogP contribution in [0.5, 0.6) is 5.75 Å². The Hall–Kier alpha value is -1.43. The van der Waals surface area contributed by atoms with Crippen molar-refractivity contribution in [1.82, 2.24) is 4.98 Å². The highest BCUT2D eigenvalue weighted by atomic mass is 19.3. The molecule has 0 bridgehead atoms. The van der Waals surface area contributed by atoms with Gasteiger partial charge >= 0.3 is 0 Å². The number of aromatic amines is 1. The number of H-pyrrole nitrogens is 1. The summed E-state index contributed by atoms with van der Waals surface area (Å²) in [7, 11) is 0. The summed E-state index contributed by atoms with van der Waals surface area (Å²) in [6, 6.07) is 0.652. The number of pyridine rings is 1. The second kappa shape index (κ2) is 3.53. The Balaban J connectivity index is 3.36. The molecule has 1 aromatic heterocycles. The molecule has 0 unspecified atom stereocenters. The molecule has 0 fully saturated rings. The fourth-order valence-electron chi connectivity index (χ4n) is 0.942. The maximum atomic E-state index is 12.2. The average Bonchev–Trinajstić information content (AvgIpc) is 2.08. The van der Waals surface area contributed by atoms with Gasteiger partial charge in [0, 0.05) is 12.6 Å². The summed E-state index contributed by atoms with van der Waals surface area (Å²) in [5, 5.41) is 9.15. The highest BCUT2D eigenvalue weighted by molar-refractivity contribution is 5.36. The molecular weight excluding hydrogens is 182 g/mol. The van der Waals surface area contributed by atoms with Crippen LogP contribution >= 0.6 is 0 Å². The molecule has 0 aromatic carbocycles. The van der Waals surface area contributed by atoms with Gasteiger partial charge in [-0.05, 0) is 0 Å². The number of nitrogens with two attached hydrogens (primary N) is 1. The lowest BCUT2D eigenvalue weighted by Gasteiger charge is -2.06. The first-order valence-electron chi connectivity index (χ1n) is 3.49. The lowest BCUT2D eigenvalue weighted by molar-refractivity contribution is 0.147. The molecular formula is C7H8F2N2O2. The van der Waals surface area contributed by atoms with Gasteiger partial charge in [-0.3, -0.25) is 4.79 Å². The first-order valence-corrected chi connectivity index (χ1v) is 3.49. The van der Waals surface area contributed by atoms with Crippen LogP contribution in [0.4, 0.5) is 8.78 Å². The molecule has 0 aliphatic carbocycles. The van der Waals surface area contributed by atoms with Gasteiger partial charge in [-0.1, -0.05) is 0 Å². The monoisotopic (exact) mass is 190 g/mol. The van der Waals surface area contributed by atoms with Crippen molar-refractivity contribution in [2.45, 2.75) is 13.0 Å². The van der Waals surface area contributed by atoms with Crippen molar-refractivity contribution in [2.75, 3.05) is 0 Å². The van der Waals surface area contributed by atoms with Crippen molar-refractivity contribution in [3.05, 3.63) is 27.7 Å². The molecule has 0 atom stereocenters. The van der Waals surface area contributed by atoms with E-state index < -0.39 is 23.3 Å². The predicted octanol–water partition coefficient (Wildman–Crippen LogP) is 0.477. The van der Waals surface area contributed by atoms with Crippen molar-refractivity contribution in [1.29, 1.82) is 0 Å². The number of rotatable bonds is 2. The molecule has 0 aliphatic heterocycles. The summed E-state index contributed by atoms with van der Waals surface area (Å²) in [5.74, 6) is -0.642. The van der Waals surface area contributed by atoms with E-state index in [4.69, 9.17) is 10.8 Å². The van der Waals surface area contributed by atoms with E-state index in [2.05, 4.69) is 4.98 Å². The van der Waals surface area contributed by atoms with Gasteiger partial charge < -0.3 is 15.8 Å². The van der Waals surface area contributed by atoms with Gasteiger partial charge in [-0.15, -0.1) is 0 Å². The van der Waals surface area contributed by atoms with Crippen LogP contribution in [0.1, 0.15) is 17.7 Å². The van der Waals surface area contributed by atoms with Crippen LogP contribution in [-0.4, -0.2) is 10.1 Å². The van der Waals surface area contributed by atoms with Gasteiger partial charge in [0.1, 0.15) is 5.75 Å². The minimum Gasteiger partial charge on any atom is -0.506 e. The van der Waals surface area contributed by atoms with Crippen LogP contribution in [0.25, 0.3) is 0 Å². The molecule has 0 saturated heterocycles. The molecule has 1 rings (SSSR count). The van der Waals surface area contributed by atoms with E-state index in [1.807, 2.05) is 0 Å². The van der Waals surface area contributed by atoms with Gasteiger partial charge in [0.25, 0.3) is 6.43 Å². The zero-order chi connectivity index (χ0) is 10.0. The van der Waals surface area contributed by atoms with E-state index in [-0.39, 0.29) is 12.2 Å². The van der Waals surface area contributed by atoms with E-state index in [1.54, 1.807) is 0 Å². The molecule has 1 aromatic rings. The van der Waals surface area contributed by atoms with Crippen molar-refractivity contribution in [2.24, 2.45) is 5.73 Å². The SMILES string of the molecule is NCc1[nH]c(=O)cc(C(F)F)c1O. The fourth-order valence-corrected chi connectivity index (χ4v) is 0.942. The van der Waals surface area contributed by atoms with Crippen LogP contribution < -0.4 is 11.3 Å². The summed E-state index contributed by atoms with van der Waals surface area (Å²) < 4.78 is 24.3. The van der Waals surface area contributed by atoms with E-state index in [1.165, 1.54) is 0 Å². The molecule has 0 aliphatic rings. The molecule has 0 radical (unpaired) electrons. The van der Waals surface area contributed by atoms with E-state index in [9.17, 15) is 13.6 Å². The molecule has 0 saturated carbocycles. The third-order valence-electron chi connectivity index (χ3n) is 1.56. The van der Waals surface area contributed by atoms with Crippen molar-refractivity contribution >= 4 is 0 Å². The molecule has 1 heterocycles. The highest BCUT2D eigenvalue weighted by Crippen LogP contribution is 2.27. The number of alkyl halides is 2. The van der Waals surface area contributed by atoms with E-state index in [0.717, 1.165) is 0 Å². The Morgan fingerprint density at radius 2 is 2.23 bits per heavy atom. The molecule has 13 heavy (non-hydrogen) atoms. The number of hydrogen-bond acceptors (Lipinski definition) is 3. The smallest absolute Gasteiger partial charge is 0.267 e. The second-order valence-electron chi connectivity index (χ2n) is 2.42. The Labute approximate surface area is 72.0 Å². The van der Waals surface area contributed by atoms with Crippen LogP contribution in [0.15, 0.2) is 10.9 Å². The van der Waals surface area contributed by atoms with Crippen molar-refractivity contribution in [3.63, 3.8) is 0 Å². The minimum atomic E-state index is -2.88. The Kier molecular flexibility index (Phi) is 2.62. The van der Waals surface area contributed by atoms with Crippen LogP contribution in [0.3, 0.4) is 0 Å². The number of hydrogen-bond donors (Lipinski definition) is 3. The number of nitrogens with one attached hydrogen (secondary N) is 1. The average molecular weight is 190 g/mol. The minimum absolute atomic E-state index is 0.0807. The number of halogens is 2. The van der Waals surface area contributed by atoms with Crippen LogP contribution in [0.2, 0.25) is 0 Å². The normalized spacial score (nSPS) is 10.8. The Morgan fingerprint density at radius 3 is 2.69 bits per heavy atom. The van der Waals surface area contributed by atoms with Gasteiger partial charge in [0.2, 0.25) is 5.56 Å². The third kappa shape index (κ3) is 1.83. The maximum Gasteiger partial charge on any atom is 0.267 e. The largest absolute Gasteiger partial charge is 0.506 e. The lowest BCUT2D eigenvalue weighted by atomic mass is 10.2. The lowest BCUT2D eigenvalue weighted by Crippen LogP contribution is -2.13. The van der Waals surface area contributed by atoms with Gasteiger partial charge in [-0.25, -0.2) is 8.78 Å². The van der Waals surface area contributed by atoms with Gasteiger partial charge in [0.05, 0.1) is 11.3 Å². The van der Waals surface area contributed by atoms with Crippen molar-refractivity contribution in [3.8, 4) is 5.75 Å². The van der Waals surface area contributed by atoms with Crippen LogP contribution in [0, 0.1) is 0 Å². The summed E-state index contributed by atoms with van der Waals surface area (Å²) in [6.45, 7) is -0.193. The summed E-state index contributed by atoms with van der Waals surface area (Å²) in [6.07, 6.45) is -2.88. The quantitative estimate of drug-likeness (QED) is 0.634. The summed E-state index contributed by atoms with van der Waals surface area (Å²) in [5.41, 5.74) is 3.64. The third-order valence-corrected chi connectivity index (χ3v) is 1.56. The maximum absolute atomic E-state index is 12.2. The van der Waals surface area contributed by atoms with E-state index >= 15 is 0 Å². The first-order chi connectivity index (χ1) is 6.06. The number of aromatic hydroxyl groups is 1. The zero-order valence-electron chi connectivity index (χ0n) is 6.55. The molecule has 6 heteroatoms. The summed E-state index contributed by atoms with van der Waals surface area (Å²) in [4.78, 5) is 12.9. The fraction of sp³-hybridized carbons (Fsp3) is 0.286. The standard InChI is InChI=1S/C7H8F2N2O2/c8-7(9)3-1-5(12)11-4(2-10)6(3)13/h1,7,13H,2,10H2,(H,11,12). The first kappa shape index (κ1) is 9.66. The molecule has 0 spiro atoms. The number of aromatic nitrogens is 1. The van der Waals surface area contributed by atoms with Gasteiger partial charge in [0.15, 0.2) is 0 Å². The zero-order valence-corrected chi connectivity index (χ0v) is 6.55. The molecule has 72 valence electrons. The molecule has 4 nitrogen and oxygen atoms in total. The highest BCUT2D eigenvalue weighted by Gasteiger charge is 2.16. The van der Waals surface area contributed by atoms with Crippen molar-refractivity contribution < 1.29 is 13.9 Å². The predicted molar refractivity (Wildman–Crippen MR) is 41.6 cm³/mol. The Bertz CT molecular complexity index is 362. The van der Waals surface area contributed by atoms with Gasteiger partial charge in [-0.2, -0.15) is 0 Å². The summed E-state index contributed by atoms with van der Waals surface area (Å²) >= 11 is 0. The van der Waals surface area contributed by atoms with Crippen LogP contribution in [-0.2, 0) is 6.54 Å². The molecule has 0 amide bonds. The van der Waals surface area contributed by atoms with E-state index in [0.29, 0.717) is 6.07 Å². The second-order valence-corrected chi connectivity index (χ2v) is 2.42. The molecule has 4 N–H and O–H groups in total. The topological polar surface area (TPSA) is 79.1 Å². The Morgan fingerprint density at radius 1 is 1.62 bits per heavy atom.